The van der Waals surface area contributed by atoms with Crippen LogP contribution in [0.5, 0.6) is 11.5 Å². The molecule has 0 unspecified atom stereocenters. The van der Waals surface area contributed by atoms with Crippen LogP contribution in [0.1, 0.15) is 28.4 Å². The summed E-state index contributed by atoms with van der Waals surface area (Å²) in [5.41, 5.74) is 1.60. The summed E-state index contributed by atoms with van der Waals surface area (Å²) in [6, 6.07) is 17.2. The molecule has 1 saturated heterocycles. The van der Waals surface area contributed by atoms with Crippen LogP contribution in [-0.2, 0) is 16.2 Å². The first-order chi connectivity index (χ1) is 18.2. The van der Waals surface area contributed by atoms with E-state index in [9.17, 15) is 19.5 Å². The molecule has 0 spiro atoms. The number of benzene rings is 3. The van der Waals surface area contributed by atoms with Crippen LogP contribution in [0.25, 0.3) is 6.08 Å². The lowest BCUT2D eigenvalue weighted by molar-refractivity contribution is -0.122. The van der Waals surface area contributed by atoms with E-state index in [4.69, 9.17) is 21.7 Å². The first-order valence-electron chi connectivity index (χ1n) is 11.3. The van der Waals surface area contributed by atoms with Gasteiger partial charge in [0.1, 0.15) is 12.2 Å². The number of nitrogens with one attached hydrogen (secondary N) is 1. The molecule has 3 aromatic rings. The van der Waals surface area contributed by atoms with Crippen molar-refractivity contribution < 1.29 is 29.0 Å². The minimum atomic E-state index is -1.15. The van der Waals surface area contributed by atoms with Gasteiger partial charge in [0.05, 0.1) is 21.4 Å². The van der Waals surface area contributed by atoms with Gasteiger partial charge in [0.15, 0.2) is 16.6 Å². The van der Waals surface area contributed by atoms with Gasteiger partial charge in [0.25, 0.3) is 11.8 Å². The van der Waals surface area contributed by atoms with Gasteiger partial charge in [0.2, 0.25) is 0 Å². The normalized spacial score (nSPS) is 14.4. The fourth-order valence-electron chi connectivity index (χ4n) is 3.65. The predicted molar refractivity (Wildman–Crippen MR) is 163 cm³/mol. The number of carboxylic acid groups (broad SMARTS) is 1. The lowest BCUT2D eigenvalue weighted by Crippen LogP contribution is -2.54. The zero-order valence-corrected chi connectivity index (χ0v) is 25.0. The lowest BCUT2D eigenvalue weighted by atomic mass is 10.1. The summed E-state index contributed by atoms with van der Waals surface area (Å²) < 4.78 is 13.8. The molecule has 0 aromatic heterocycles. The number of hydrogen-bond acceptors (Lipinski definition) is 6. The van der Waals surface area contributed by atoms with E-state index in [1.54, 1.807) is 18.2 Å². The second-order valence-corrected chi connectivity index (χ2v) is 10.8. The number of carbonyl (C=O) groups excluding carboxylic acids is 2. The smallest absolute Gasteiger partial charge is 0.335 e. The second kappa shape index (κ2) is 12.2. The average Bonchev–Trinajstić information content (AvgIpc) is 2.87. The maximum atomic E-state index is 13.4. The Kier molecular flexibility index (Phi) is 8.99. The first-order valence-corrected chi connectivity index (χ1v) is 13.8. The Labute approximate surface area is 251 Å². The highest BCUT2D eigenvalue weighted by atomic mass is 127. The molecule has 2 amide bonds. The van der Waals surface area contributed by atoms with E-state index in [0.29, 0.717) is 30.3 Å². The van der Waals surface area contributed by atoms with Crippen molar-refractivity contribution in [1.82, 2.24) is 5.32 Å². The highest BCUT2D eigenvalue weighted by molar-refractivity contribution is 14.1. The molecule has 0 atom stereocenters. The Morgan fingerprint density at radius 3 is 2.50 bits per heavy atom. The topological polar surface area (TPSA) is 105 Å². The molecule has 38 heavy (non-hydrogen) atoms. The van der Waals surface area contributed by atoms with Gasteiger partial charge in [-0.2, -0.15) is 0 Å². The Morgan fingerprint density at radius 2 is 1.82 bits per heavy atom. The van der Waals surface area contributed by atoms with Crippen molar-refractivity contribution in [1.29, 1.82) is 0 Å². The van der Waals surface area contributed by atoms with Crippen LogP contribution in [0.3, 0.4) is 0 Å². The van der Waals surface area contributed by atoms with Crippen molar-refractivity contribution in [3.8, 4) is 11.5 Å². The summed E-state index contributed by atoms with van der Waals surface area (Å²) in [6.07, 6.45) is 1.45. The van der Waals surface area contributed by atoms with Gasteiger partial charge in [-0.15, -0.1) is 0 Å². The molecule has 0 aliphatic carbocycles. The number of carbonyl (C=O) groups is 3. The minimum Gasteiger partial charge on any atom is -0.490 e. The number of amides is 2. The maximum absolute atomic E-state index is 13.4. The van der Waals surface area contributed by atoms with Crippen molar-refractivity contribution in [2.45, 2.75) is 13.5 Å². The third-order valence-electron chi connectivity index (χ3n) is 5.39. The van der Waals surface area contributed by atoms with Crippen LogP contribution in [-0.4, -0.2) is 34.6 Å². The quantitative estimate of drug-likeness (QED) is 0.137. The zero-order chi connectivity index (χ0) is 27.4. The molecule has 1 aliphatic rings. The van der Waals surface area contributed by atoms with Crippen LogP contribution < -0.4 is 19.7 Å². The monoisotopic (exact) mass is 754 g/mol. The van der Waals surface area contributed by atoms with Gasteiger partial charge in [-0.1, -0.05) is 18.2 Å². The van der Waals surface area contributed by atoms with Crippen LogP contribution in [0, 0.1) is 7.14 Å². The van der Waals surface area contributed by atoms with Gasteiger partial charge in [-0.25, -0.2) is 4.79 Å². The van der Waals surface area contributed by atoms with Crippen LogP contribution in [0.4, 0.5) is 5.69 Å². The van der Waals surface area contributed by atoms with Crippen LogP contribution in [0.15, 0.2) is 66.2 Å². The molecule has 1 aliphatic heterocycles. The van der Waals surface area contributed by atoms with E-state index in [1.165, 1.54) is 24.3 Å². The Hall–Kier alpha value is -3.04. The number of carboxylic acids is 1. The SMILES string of the molecule is CCOc1cc(C=C2C(=O)NC(=S)N(c3cccc(C(=O)O)c3)C2=O)cc(I)c1OCc1ccc(I)cc1. The third-order valence-corrected chi connectivity index (χ3v) is 7.20. The average molecular weight is 754 g/mol. The number of aromatic carboxylic acids is 1. The number of thiocarbonyl (C=S) groups is 1. The van der Waals surface area contributed by atoms with E-state index in [-0.39, 0.29) is 21.9 Å². The second-order valence-electron chi connectivity index (χ2n) is 7.99. The molecule has 0 bridgehead atoms. The fourth-order valence-corrected chi connectivity index (χ4v) is 5.07. The Morgan fingerprint density at radius 1 is 1.08 bits per heavy atom. The van der Waals surface area contributed by atoms with Gasteiger partial charge in [-0.05, 0) is 124 Å². The van der Waals surface area contributed by atoms with E-state index in [1.807, 2.05) is 31.2 Å². The van der Waals surface area contributed by atoms with Crippen molar-refractivity contribution >= 4 is 92.1 Å². The summed E-state index contributed by atoms with van der Waals surface area (Å²) in [4.78, 5) is 38.6. The molecular weight excluding hydrogens is 734 g/mol. The van der Waals surface area contributed by atoms with Crippen molar-refractivity contribution in [3.63, 3.8) is 0 Å². The van der Waals surface area contributed by atoms with Crippen LogP contribution >= 0.6 is 57.4 Å². The van der Waals surface area contributed by atoms with Crippen molar-refractivity contribution in [3.05, 3.63) is 90.1 Å². The largest absolute Gasteiger partial charge is 0.490 e. The summed E-state index contributed by atoms with van der Waals surface area (Å²) in [7, 11) is 0. The molecule has 0 saturated carbocycles. The van der Waals surface area contributed by atoms with Gasteiger partial charge in [-0.3, -0.25) is 19.8 Å². The van der Waals surface area contributed by atoms with Gasteiger partial charge < -0.3 is 14.6 Å². The highest BCUT2D eigenvalue weighted by Gasteiger charge is 2.35. The number of nitrogens with zero attached hydrogens (tertiary/aromatic N) is 1. The Balaban J connectivity index is 1.66. The summed E-state index contributed by atoms with van der Waals surface area (Å²) in [5, 5.41) is 11.7. The molecule has 1 fully saturated rings. The number of hydrogen-bond donors (Lipinski definition) is 2. The summed E-state index contributed by atoms with van der Waals surface area (Å²) in [6.45, 7) is 2.58. The lowest BCUT2D eigenvalue weighted by Gasteiger charge is -2.29. The molecule has 0 radical (unpaired) electrons. The number of ether oxygens (including phenoxy) is 2. The number of anilines is 1. The molecule has 3 aromatic carbocycles. The third kappa shape index (κ3) is 6.32. The van der Waals surface area contributed by atoms with E-state index >= 15 is 0 Å². The standard InChI is InChI=1S/C27H20I2N2O6S/c1-2-36-22-12-16(11-21(29)23(22)37-14-15-6-8-18(28)9-7-15)10-20-24(32)30-27(38)31(25(20)33)19-5-3-4-17(13-19)26(34)35/h3-13H,2,14H2,1H3,(H,34,35)(H,30,32,38). The minimum absolute atomic E-state index is 0.0164. The van der Waals surface area contributed by atoms with E-state index in [0.717, 1.165) is 17.6 Å². The molecule has 8 nitrogen and oxygen atoms in total. The molecule has 11 heteroatoms. The number of halogens is 2. The highest BCUT2D eigenvalue weighted by Crippen LogP contribution is 2.36. The molecule has 1 heterocycles. The van der Waals surface area contributed by atoms with Crippen molar-refractivity contribution in [2.75, 3.05) is 11.5 Å². The fraction of sp³-hybridized carbons (Fsp3) is 0.111. The molecule has 2 N–H and O–H groups in total. The maximum Gasteiger partial charge on any atom is 0.335 e. The van der Waals surface area contributed by atoms with Crippen LogP contribution in [0.2, 0.25) is 0 Å². The summed E-state index contributed by atoms with van der Waals surface area (Å²) >= 11 is 9.59. The first kappa shape index (κ1) is 28.0. The summed E-state index contributed by atoms with van der Waals surface area (Å²) in [5.74, 6) is -1.45. The van der Waals surface area contributed by atoms with Gasteiger partial charge in [0, 0.05) is 3.57 Å². The van der Waals surface area contributed by atoms with E-state index in [2.05, 4.69) is 50.5 Å². The number of rotatable bonds is 8. The molecule has 194 valence electrons. The van der Waals surface area contributed by atoms with Crippen molar-refractivity contribution in [2.24, 2.45) is 0 Å². The Bertz CT molecular complexity index is 1470. The predicted octanol–water partition coefficient (Wildman–Crippen LogP) is 5.40. The van der Waals surface area contributed by atoms with Gasteiger partial charge >= 0.3 is 5.97 Å². The zero-order valence-electron chi connectivity index (χ0n) is 19.9. The van der Waals surface area contributed by atoms with E-state index < -0.39 is 17.8 Å². The molecule has 4 rings (SSSR count). The molecular formula is C27H20I2N2O6S.